The van der Waals surface area contributed by atoms with Gasteiger partial charge >= 0.3 is 5.97 Å². The van der Waals surface area contributed by atoms with Crippen LogP contribution in [0.25, 0.3) is 11.4 Å². The van der Waals surface area contributed by atoms with Crippen molar-refractivity contribution in [3.63, 3.8) is 0 Å². The molecule has 0 fully saturated rings. The van der Waals surface area contributed by atoms with Gasteiger partial charge in [0.2, 0.25) is 0 Å². The molecule has 0 saturated carbocycles. The van der Waals surface area contributed by atoms with Crippen molar-refractivity contribution >= 4 is 5.97 Å². The lowest BCUT2D eigenvalue weighted by Gasteiger charge is -2.02. The van der Waals surface area contributed by atoms with Crippen LogP contribution < -0.4 is 0 Å². The summed E-state index contributed by atoms with van der Waals surface area (Å²) in [4.78, 5) is 15.6. The first-order chi connectivity index (χ1) is 9.02. The molecule has 19 heavy (non-hydrogen) atoms. The first-order valence-electron chi connectivity index (χ1n) is 5.87. The predicted octanol–water partition coefficient (Wildman–Crippen LogP) is 2.11. The SMILES string of the molecule is CCOC(=O)c1nc(-c2cc(C)ccc2F)n(C)n1. The van der Waals surface area contributed by atoms with E-state index in [0.717, 1.165) is 5.56 Å². The number of ether oxygens (including phenoxy) is 1. The van der Waals surface area contributed by atoms with Crippen LogP contribution in [-0.2, 0) is 11.8 Å². The molecular formula is C13H14FN3O2. The molecule has 0 bridgehead atoms. The van der Waals surface area contributed by atoms with Crippen LogP contribution in [0.2, 0.25) is 0 Å². The second-order valence-corrected chi connectivity index (χ2v) is 4.09. The number of halogens is 1. The number of aryl methyl sites for hydroxylation is 2. The predicted molar refractivity (Wildman–Crippen MR) is 67.1 cm³/mol. The molecule has 0 aliphatic heterocycles. The van der Waals surface area contributed by atoms with Gasteiger partial charge in [0.25, 0.3) is 5.82 Å². The van der Waals surface area contributed by atoms with E-state index in [1.54, 1.807) is 26.1 Å². The molecule has 0 radical (unpaired) electrons. The van der Waals surface area contributed by atoms with E-state index in [9.17, 15) is 9.18 Å². The Kier molecular flexibility index (Phi) is 3.59. The highest BCUT2D eigenvalue weighted by Crippen LogP contribution is 2.22. The van der Waals surface area contributed by atoms with Crippen LogP contribution >= 0.6 is 0 Å². The van der Waals surface area contributed by atoms with Crippen molar-refractivity contribution in [2.24, 2.45) is 7.05 Å². The standard InChI is InChI=1S/C13H14FN3O2/c1-4-19-13(18)11-15-12(17(3)16-11)9-7-8(2)5-6-10(9)14/h5-7H,4H2,1-3H3. The molecule has 6 heteroatoms. The monoisotopic (exact) mass is 263 g/mol. The molecule has 0 aliphatic carbocycles. The number of hydrogen-bond donors (Lipinski definition) is 0. The maximum Gasteiger partial charge on any atom is 0.378 e. The molecule has 0 spiro atoms. The Morgan fingerprint density at radius 3 is 2.89 bits per heavy atom. The third-order valence-electron chi connectivity index (χ3n) is 2.58. The largest absolute Gasteiger partial charge is 0.460 e. The first-order valence-corrected chi connectivity index (χ1v) is 5.87. The number of carbonyl (C=O) groups is 1. The lowest BCUT2D eigenvalue weighted by Crippen LogP contribution is -2.07. The molecule has 2 aromatic rings. The Bertz CT molecular complexity index is 622. The fourth-order valence-corrected chi connectivity index (χ4v) is 1.71. The van der Waals surface area contributed by atoms with Crippen molar-refractivity contribution in [1.82, 2.24) is 14.8 Å². The molecule has 100 valence electrons. The summed E-state index contributed by atoms with van der Waals surface area (Å²) in [5.41, 5.74) is 1.21. The van der Waals surface area contributed by atoms with Gasteiger partial charge in [-0.2, -0.15) is 0 Å². The van der Waals surface area contributed by atoms with E-state index in [1.807, 2.05) is 6.92 Å². The summed E-state index contributed by atoms with van der Waals surface area (Å²) in [5, 5.41) is 3.94. The molecule has 0 saturated heterocycles. The highest BCUT2D eigenvalue weighted by atomic mass is 19.1. The number of nitrogens with zero attached hydrogens (tertiary/aromatic N) is 3. The zero-order chi connectivity index (χ0) is 14.0. The van der Waals surface area contributed by atoms with Crippen LogP contribution in [0, 0.1) is 12.7 Å². The van der Waals surface area contributed by atoms with Gasteiger partial charge in [-0.05, 0) is 26.0 Å². The summed E-state index contributed by atoms with van der Waals surface area (Å²) in [5.74, 6) is -0.793. The van der Waals surface area contributed by atoms with Crippen LogP contribution in [0.3, 0.4) is 0 Å². The molecule has 0 atom stereocenters. The minimum atomic E-state index is -0.614. The molecule has 0 unspecified atom stereocenters. The Hall–Kier alpha value is -2.24. The molecule has 5 nitrogen and oxygen atoms in total. The zero-order valence-electron chi connectivity index (χ0n) is 11.0. The van der Waals surface area contributed by atoms with Crippen molar-refractivity contribution in [3.05, 3.63) is 35.4 Å². The number of rotatable bonds is 3. The summed E-state index contributed by atoms with van der Waals surface area (Å²) >= 11 is 0. The van der Waals surface area contributed by atoms with E-state index in [0.29, 0.717) is 11.4 Å². The van der Waals surface area contributed by atoms with Crippen molar-refractivity contribution in [2.75, 3.05) is 6.61 Å². The molecule has 0 amide bonds. The van der Waals surface area contributed by atoms with Crippen LogP contribution in [0.4, 0.5) is 4.39 Å². The Labute approximate surface area is 110 Å². The quantitative estimate of drug-likeness (QED) is 0.796. The van der Waals surface area contributed by atoms with Crippen molar-refractivity contribution in [2.45, 2.75) is 13.8 Å². The lowest BCUT2D eigenvalue weighted by molar-refractivity contribution is 0.0512. The van der Waals surface area contributed by atoms with Gasteiger partial charge in [-0.25, -0.2) is 18.9 Å². The molecule has 1 aromatic carbocycles. The third-order valence-corrected chi connectivity index (χ3v) is 2.58. The summed E-state index contributed by atoms with van der Waals surface area (Å²) in [6, 6.07) is 4.69. The van der Waals surface area contributed by atoms with Crippen LogP contribution in [-0.4, -0.2) is 27.3 Å². The molecule has 1 heterocycles. The van der Waals surface area contributed by atoms with E-state index in [1.165, 1.54) is 10.7 Å². The maximum atomic E-state index is 13.8. The van der Waals surface area contributed by atoms with Crippen molar-refractivity contribution in [3.8, 4) is 11.4 Å². The van der Waals surface area contributed by atoms with Gasteiger partial charge in [0.15, 0.2) is 5.82 Å². The smallest absolute Gasteiger partial charge is 0.378 e. The van der Waals surface area contributed by atoms with Crippen LogP contribution in [0.15, 0.2) is 18.2 Å². The lowest BCUT2D eigenvalue weighted by atomic mass is 10.1. The van der Waals surface area contributed by atoms with Crippen LogP contribution in [0.1, 0.15) is 23.1 Å². The van der Waals surface area contributed by atoms with E-state index in [2.05, 4.69) is 10.1 Å². The third kappa shape index (κ3) is 2.62. The Morgan fingerprint density at radius 2 is 2.21 bits per heavy atom. The maximum absolute atomic E-state index is 13.8. The van der Waals surface area contributed by atoms with Crippen molar-refractivity contribution in [1.29, 1.82) is 0 Å². The average Bonchev–Trinajstić information content (AvgIpc) is 2.75. The summed E-state index contributed by atoms with van der Waals surface area (Å²) < 4.78 is 20.0. The van der Waals surface area contributed by atoms with E-state index < -0.39 is 11.8 Å². The second kappa shape index (κ2) is 5.17. The summed E-state index contributed by atoms with van der Waals surface area (Å²) in [6.07, 6.45) is 0. The normalized spacial score (nSPS) is 10.5. The Balaban J connectivity index is 2.46. The zero-order valence-corrected chi connectivity index (χ0v) is 11.0. The molecule has 0 aliphatic rings. The number of hydrogen-bond acceptors (Lipinski definition) is 4. The van der Waals surface area contributed by atoms with Crippen molar-refractivity contribution < 1.29 is 13.9 Å². The van der Waals surface area contributed by atoms with Gasteiger partial charge in [0.1, 0.15) is 5.82 Å². The van der Waals surface area contributed by atoms with E-state index >= 15 is 0 Å². The van der Waals surface area contributed by atoms with Gasteiger partial charge in [0, 0.05) is 7.05 Å². The molecule has 0 N–H and O–H groups in total. The first kappa shape index (κ1) is 13.2. The highest BCUT2D eigenvalue weighted by molar-refractivity contribution is 5.85. The number of esters is 1. The molecule has 1 aromatic heterocycles. The van der Waals surface area contributed by atoms with Gasteiger partial charge in [-0.3, -0.25) is 0 Å². The van der Waals surface area contributed by atoms with Gasteiger partial charge in [-0.15, -0.1) is 5.10 Å². The minimum Gasteiger partial charge on any atom is -0.460 e. The second-order valence-electron chi connectivity index (χ2n) is 4.09. The highest BCUT2D eigenvalue weighted by Gasteiger charge is 2.18. The number of benzene rings is 1. The molecule has 2 rings (SSSR count). The number of aromatic nitrogens is 3. The van der Waals surface area contributed by atoms with E-state index in [-0.39, 0.29) is 12.4 Å². The number of carbonyl (C=O) groups excluding carboxylic acids is 1. The topological polar surface area (TPSA) is 57.0 Å². The van der Waals surface area contributed by atoms with E-state index in [4.69, 9.17) is 4.74 Å². The van der Waals surface area contributed by atoms with Gasteiger partial charge in [0.05, 0.1) is 12.2 Å². The minimum absolute atomic E-state index is 0.0692. The molecular weight excluding hydrogens is 249 g/mol. The summed E-state index contributed by atoms with van der Waals surface area (Å²) in [6.45, 7) is 3.79. The average molecular weight is 263 g/mol. The van der Waals surface area contributed by atoms with Gasteiger partial charge < -0.3 is 4.74 Å². The van der Waals surface area contributed by atoms with Gasteiger partial charge in [-0.1, -0.05) is 11.6 Å². The Morgan fingerprint density at radius 1 is 1.47 bits per heavy atom. The fraction of sp³-hybridized carbons (Fsp3) is 0.308. The van der Waals surface area contributed by atoms with Crippen LogP contribution in [0.5, 0.6) is 0 Å². The fourth-order valence-electron chi connectivity index (χ4n) is 1.71. The summed E-state index contributed by atoms with van der Waals surface area (Å²) in [7, 11) is 1.60.